The van der Waals surface area contributed by atoms with E-state index in [1.165, 1.54) is 0 Å². The average molecular weight is 353 g/mol. The molecule has 0 fully saturated rings. The lowest BCUT2D eigenvalue weighted by molar-refractivity contribution is 0.0944. The zero-order chi connectivity index (χ0) is 18.5. The van der Waals surface area contributed by atoms with Gasteiger partial charge in [0.05, 0.1) is 18.0 Å². The summed E-state index contributed by atoms with van der Waals surface area (Å²) in [5.41, 5.74) is 2.80. The summed E-state index contributed by atoms with van der Waals surface area (Å²) in [5.74, 6) is -0.220. The summed E-state index contributed by atoms with van der Waals surface area (Å²) in [6.07, 6.45) is 0. The molecule has 1 amide bonds. The van der Waals surface area contributed by atoms with Crippen molar-refractivity contribution in [2.45, 2.75) is 6.92 Å². The van der Waals surface area contributed by atoms with Crippen LogP contribution in [0.15, 0.2) is 42.5 Å². The Hall–Kier alpha value is -2.77. The number of aliphatic hydroxyl groups is 1. The topological polar surface area (TPSA) is 83.3 Å². The molecule has 0 unspecified atom stereocenters. The van der Waals surface area contributed by atoms with Gasteiger partial charge >= 0.3 is 0 Å². The number of pyridine rings is 1. The molecule has 136 valence electrons. The monoisotopic (exact) mass is 353 g/mol. The maximum absolute atomic E-state index is 12.4. The molecule has 0 aliphatic carbocycles. The fraction of sp³-hybridized carbons (Fsp3) is 0.316. The van der Waals surface area contributed by atoms with Crippen LogP contribution in [0.1, 0.15) is 16.2 Å². The van der Waals surface area contributed by atoms with E-state index < -0.39 is 0 Å². The van der Waals surface area contributed by atoms with Crippen molar-refractivity contribution >= 4 is 16.9 Å². The molecule has 2 aromatic heterocycles. The maximum Gasteiger partial charge on any atom is 0.270 e. The van der Waals surface area contributed by atoms with E-state index in [9.17, 15) is 4.79 Å². The summed E-state index contributed by atoms with van der Waals surface area (Å²) >= 11 is 0. The quantitative estimate of drug-likeness (QED) is 0.671. The molecule has 0 aliphatic heterocycles. The van der Waals surface area contributed by atoms with E-state index in [4.69, 9.17) is 5.11 Å². The molecule has 0 radical (unpaired) electrons. The lowest BCUT2D eigenvalue weighted by Gasteiger charge is -2.15. The molecule has 0 saturated carbocycles. The second-order valence-electron chi connectivity index (χ2n) is 6.18. The fourth-order valence-corrected chi connectivity index (χ4v) is 2.75. The highest BCUT2D eigenvalue weighted by atomic mass is 16.3. The van der Waals surface area contributed by atoms with E-state index in [2.05, 4.69) is 15.4 Å². The van der Waals surface area contributed by atoms with E-state index in [-0.39, 0.29) is 12.5 Å². The van der Waals surface area contributed by atoms with Crippen molar-refractivity contribution < 1.29 is 9.90 Å². The van der Waals surface area contributed by atoms with Crippen LogP contribution in [0.25, 0.3) is 16.7 Å². The van der Waals surface area contributed by atoms with Gasteiger partial charge in [0.25, 0.3) is 5.91 Å². The Balaban J connectivity index is 1.81. The van der Waals surface area contributed by atoms with Crippen LogP contribution < -0.4 is 5.32 Å². The van der Waals surface area contributed by atoms with Gasteiger partial charge in [-0.2, -0.15) is 5.10 Å². The van der Waals surface area contributed by atoms with Gasteiger partial charge in [-0.15, -0.1) is 0 Å². The number of carbonyl (C=O) groups is 1. The molecule has 0 saturated heterocycles. The highest BCUT2D eigenvalue weighted by molar-refractivity contribution is 5.94. The van der Waals surface area contributed by atoms with Crippen LogP contribution in [0, 0.1) is 6.92 Å². The largest absolute Gasteiger partial charge is 0.395 e. The SMILES string of the molecule is Cc1nn(-c2ccccc2)c2nc(C(=O)NCCN(C)CCO)ccc12. The van der Waals surface area contributed by atoms with Gasteiger partial charge in [0.2, 0.25) is 0 Å². The molecule has 3 rings (SSSR count). The predicted molar refractivity (Wildman–Crippen MR) is 101 cm³/mol. The van der Waals surface area contributed by atoms with E-state index in [1.54, 1.807) is 10.7 Å². The summed E-state index contributed by atoms with van der Waals surface area (Å²) in [5, 5.41) is 17.2. The molecule has 0 spiro atoms. The third-order valence-electron chi connectivity index (χ3n) is 4.21. The number of likely N-dealkylation sites (N-methyl/N-ethyl adjacent to an activating group) is 1. The van der Waals surface area contributed by atoms with Gasteiger partial charge in [-0.05, 0) is 38.2 Å². The molecule has 0 aliphatic rings. The van der Waals surface area contributed by atoms with Gasteiger partial charge in [0.1, 0.15) is 5.69 Å². The predicted octanol–water partition coefficient (Wildman–Crippen LogP) is 1.38. The van der Waals surface area contributed by atoms with Crippen LogP contribution in [0.5, 0.6) is 0 Å². The lowest BCUT2D eigenvalue weighted by atomic mass is 10.2. The Kier molecular flexibility index (Phi) is 5.60. The van der Waals surface area contributed by atoms with Crippen molar-refractivity contribution in [2.75, 3.05) is 33.3 Å². The molecule has 2 N–H and O–H groups in total. The van der Waals surface area contributed by atoms with E-state index >= 15 is 0 Å². The first kappa shape index (κ1) is 18.0. The zero-order valence-electron chi connectivity index (χ0n) is 15.0. The Morgan fingerprint density at radius 1 is 1.19 bits per heavy atom. The summed E-state index contributed by atoms with van der Waals surface area (Å²) < 4.78 is 1.76. The molecule has 7 nitrogen and oxygen atoms in total. The molecular formula is C19H23N5O2. The summed E-state index contributed by atoms with van der Waals surface area (Å²) in [6, 6.07) is 13.3. The highest BCUT2D eigenvalue weighted by Gasteiger charge is 2.14. The minimum absolute atomic E-state index is 0.103. The maximum atomic E-state index is 12.4. The Bertz CT molecular complexity index is 892. The van der Waals surface area contributed by atoms with E-state index in [1.807, 2.05) is 55.3 Å². The van der Waals surface area contributed by atoms with Crippen molar-refractivity contribution in [1.29, 1.82) is 0 Å². The summed E-state index contributed by atoms with van der Waals surface area (Å²) in [4.78, 5) is 18.9. The Morgan fingerprint density at radius 2 is 1.96 bits per heavy atom. The van der Waals surface area contributed by atoms with Crippen molar-refractivity contribution in [2.24, 2.45) is 0 Å². The smallest absolute Gasteiger partial charge is 0.270 e. The third-order valence-corrected chi connectivity index (χ3v) is 4.21. The fourth-order valence-electron chi connectivity index (χ4n) is 2.75. The Labute approximate surface area is 152 Å². The molecule has 0 atom stereocenters. The van der Waals surface area contributed by atoms with Crippen molar-refractivity contribution in [3.05, 3.63) is 53.9 Å². The standard InChI is InChI=1S/C19H23N5O2/c1-14-16-8-9-17(19(26)20-10-11-23(2)12-13-25)21-18(16)24(22-14)15-6-4-3-5-7-15/h3-9,25H,10-13H2,1-2H3,(H,20,26). The van der Waals surface area contributed by atoms with Gasteiger partial charge in [-0.25, -0.2) is 9.67 Å². The Morgan fingerprint density at radius 3 is 2.69 bits per heavy atom. The van der Waals surface area contributed by atoms with E-state index in [0.29, 0.717) is 31.0 Å². The van der Waals surface area contributed by atoms with Crippen molar-refractivity contribution in [1.82, 2.24) is 25.0 Å². The molecule has 26 heavy (non-hydrogen) atoms. The number of aryl methyl sites for hydroxylation is 1. The average Bonchev–Trinajstić information content (AvgIpc) is 2.99. The number of benzene rings is 1. The van der Waals surface area contributed by atoms with Gasteiger partial charge in [0.15, 0.2) is 5.65 Å². The number of fused-ring (bicyclic) bond motifs is 1. The van der Waals surface area contributed by atoms with Crippen molar-refractivity contribution in [3.8, 4) is 5.69 Å². The number of aromatic nitrogens is 3. The minimum Gasteiger partial charge on any atom is -0.395 e. The van der Waals surface area contributed by atoms with Gasteiger partial charge < -0.3 is 15.3 Å². The minimum atomic E-state index is -0.220. The first-order valence-electron chi connectivity index (χ1n) is 8.59. The zero-order valence-corrected chi connectivity index (χ0v) is 15.0. The number of nitrogens with one attached hydrogen (secondary N) is 1. The van der Waals surface area contributed by atoms with Crippen molar-refractivity contribution in [3.63, 3.8) is 0 Å². The molecule has 7 heteroatoms. The number of aliphatic hydroxyl groups excluding tert-OH is 1. The number of rotatable bonds is 7. The highest BCUT2D eigenvalue weighted by Crippen LogP contribution is 2.20. The first-order valence-corrected chi connectivity index (χ1v) is 8.59. The lowest BCUT2D eigenvalue weighted by Crippen LogP contribution is -2.34. The number of hydrogen-bond acceptors (Lipinski definition) is 5. The van der Waals surface area contributed by atoms with Gasteiger partial charge in [-0.1, -0.05) is 18.2 Å². The van der Waals surface area contributed by atoms with Crippen LogP contribution in [0.2, 0.25) is 0 Å². The molecule has 2 heterocycles. The molecule has 0 bridgehead atoms. The van der Waals surface area contributed by atoms with Crippen LogP contribution in [0.4, 0.5) is 0 Å². The summed E-state index contributed by atoms with van der Waals surface area (Å²) in [7, 11) is 1.90. The van der Waals surface area contributed by atoms with Crippen LogP contribution >= 0.6 is 0 Å². The van der Waals surface area contributed by atoms with Gasteiger partial charge in [-0.3, -0.25) is 4.79 Å². The summed E-state index contributed by atoms with van der Waals surface area (Å²) in [6.45, 7) is 3.77. The first-order chi connectivity index (χ1) is 12.6. The molecular weight excluding hydrogens is 330 g/mol. The van der Waals surface area contributed by atoms with Gasteiger partial charge in [0, 0.05) is 25.0 Å². The van der Waals surface area contributed by atoms with Crippen LogP contribution in [-0.2, 0) is 0 Å². The number of carbonyl (C=O) groups excluding carboxylic acids is 1. The third kappa shape index (κ3) is 3.89. The molecule has 3 aromatic rings. The number of para-hydroxylation sites is 1. The normalized spacial score (nSPS) is 11.2. The number of hydrogen-bond donors (Lipinski definition) is 2. The van der Waals surface area contributed by atoms with Crippen LogP contribution in [0.3, 0.4) is 0 Å². The van der Waals surface area contributed by atoms with E-state index in [0.717, 1.165) is 16.8 Å². The molecule has 1 aromatic carbocycles. The van der Waals surface area contributed by atoms with Crippen LogP contribution in [-0.4, -0.2) is 64.0 Å². The second kappa shape index (κ2) is 8.07. The number of amides is 1. The number of nitrogens with zero attached hydrogens (tertiary/aromatic N) is 4. The second-order valence-corrected chi connectivity index (χ2v) is 6.18.